The molecule has 8 N–H and O–H groups in total. The molecule has 42 heavy (non-hydrogen) atoms. The molecule has 11 nitrogen and oxygen atoms in total. The highest BCUT2D eigenvalue weighted by molar-refractivity contribution is 6.06. The number of anilines is 2. The SMILES string of the molecule is C[C@@H](OC(=O)c1cccc(O)c1O)[C@H](N)C(=O)Nc1ccc(Cc2ccc(NC(=O)c3cccc(O)c3O)cc2)cc1. The molecule has 0 saturated heterocycles. The summed E-state index contributed by atoms with van der Waals surface area (Å²) in [6, 6.07) is 21.0. The Labute approximate surface area is 240 Å². The maximum Gasteiger partial charge on any atom is 0.342 e. The van der Waals surface area contributed by atoms with Crippen LogP contribution >= 0.6 is 0 Å². The number of nitrogens with one attached hydrogen (secondary N) is 2. The van der Waals surface area contributed by atoms with Crippen molar-refractivity contribution < 1.29 is 39.5 Å². The van der Waals surface area contributed by atoms with Gasteiger partial charge in [0.05, 0.1) is 5.56 Å². The van der Waals surface area contributed by atoms with Gasteiger partial charge < -0.3 is 41.5 Å². The van der Waals surface area contributed by atoms with Gasteiger partial charge in [-0.25, -0.2) is 4.79 Å². The van der Waals surface area contributed by atoms with E-state index in [1.165, 1.54) is 43.3 Å². The van der Waals surface area contributed by atoms with Gasteiger partial charge in [-0.15, -0.1) is 0 Å². The third-order valence-electron chi connectivity index (χ3n) is 6.44. The average Bonchev–Trinajstić information content (AvgIpc) is 2.97. The smallest absolute Gasteiger partial charge is 0.342 e. The van der Waals surface area contributed by atoms with Gasteiger partial charge in [0.1, 0.15) is 17.7 Å². The molecule has 0 aliphatic heterocycles. The van der Waals surface area contributed by atoms with Crippen molar-refractivity contribution in [2.75, 3.05) is 10.6 Å². The van der Waals surface area contributed by atoms with Gasteiger partial charge in [-0.3, -0.25) is 9.59 Å². The minimum absolute atomic E-state index is 0.0451. The fourth-order valence-electron chi connectivity index (χ4n) is 4.00. The van der Waals surface area contributed by atoms with Crippen LogP contribution in [0.15, 0.2) is 84.9 Å². The van der Waals surface area contributed by atoms with Crippen molar-refractivity contribution in [3.05, 3.63) is 107 Å². The molecule has 2 amide bonds. The second-order valence-corrected chi connectivity index (χ2v) is 9.50. The van der Waals surface area contributed by atoms with Gasteiger partial charge in [0.25, 0.3) is 5.91 Å². The van der Waals surface area contributed by atoms with Crippen LogP contribution in [0.5, 0.6) is 23.0 Å². The number of phenolic OH excluding ortho intramolecular Hbond substituents is 4. The van der Waals surface area contributed by atoms with Crippen molar-refractivity contribution >= 4 is 29.2 Å². The van der Waals surface area contributed by atoms with Gasteiger partial charge in [0.2, 0.25) is 5.91 Å². The highest BCUT2D eigenvalue weighted by atomic mass is 16.5. The first-order chi connectivity index (χ1) is 20.0. The molecule has 0 aromatic heterocycles. The Hall–Kier alpha value is -5.55. The summed E-state index contributed by atoms with van der Waals surface area (Å²) in [6.45, 7) is 1.44. The van der Waals surface area contributed by atoms with Gasteiger partial charge in [0.15, 0.2) is 23.0 Å². The van der Waals surface area contributed by atoms with Crippen LogP contribution in [0, 0.1) is 0 Å². The van der Waals surface area contributed by atoms with Crippen LogP contribution in [0.1, 0.15) is 38.8 Å². The van der Waals surface area contributed by atoms with Crippen LogP contribution in [0.4, 0.5) is 11.4 Å². The Morgan fingerprint density at radius 3 is 1.74 bits per heavy atom. The summed E-state index contributed by atoms with van der Waals surface area (Å²) in [5.41, 5.74) is 8.58. The third-order valence-corrected chi connectivity index (χ3v) is 6.44. The molecule has 0 radical (unpaired) electrons. The first kappa shape index (κ1) is 29.4. The average molecular weight is 572 g/mol. The summed E-state index contributed by atoms with van der Waals surface area (Å²) < 4.78 is 5.20. The number of nitrogens with two attached hydrogens (primary N) is 1. The number of carbonyl (C=O) groups is 3. The molecule has 0 fully saturated rings. The van der Waals surface area contributed by atoms with Crippen molar-refractivity contribution in [2.45, 2.75) is 25.5 Å². The van der Waals surface area contributed by atoms with Gasteiger partial charge in [-0.1, -0.05) is 36.4 Å². The summed E-state index contributed by atoms with van der Waals surface area (Å²) in [5.74, 6) is -4.04. The van der Waals surface area contributed by atoms with E-state index < -0.39 is 47.2 Å². The zero-order valence-electron chi connectivity index (χ0n) is 22.4. The van der Waals surface area contributed by atoms with Crippen molar-refractivity contribution in [1.29, 1.82) is 0 Å². The molecule has 0 bridgehead atoms. The van der Waals surface area contributed by atoms with Gasteiger partial charge in [-0.2, -0.15) is 0 Å². The van der Waals surface area contributed by atoms with E-state index in [9.17, 15) is 34.8 Å². The van der Waals surface area contributed by atoms with Gasteiger partial charge in [0, 0.05) is 11.4 Å². The van der Waals surface area contributed by atoms with Crippen LogP contribution in [0.3, 0.4) is 0 Å². The Balaban J connectivity index is 1.29. The number of phenols is 4. The van der Waals surface area contributed by atoms with Crippen molar-refractivity contribution in [1.82, 2.24) is 0 Å². The second kappa shape index (κ2) is 12.7. The Kier molecular flexibility index (Phi) is 8.93. The zero-order chi connectivity index (χ0) is 30.4. The molecule has 0 saturated carbocycles. The highest BCUT2D eigenvalue weighted by Crippen LogP contribution is 2.30. The molecule has 0 heterocycles. The fourth-order valence-corrected chi connectivity index (χ4v) is 4.00. The number of para-hydroxylation sites is 2. The summed E-state index contributed by atoms with van der Waals surface area (Å²) in [5, 5.41) is 44.2. The summed E-state index contributed by atoms with van der Waals surface area (Å²) in [4.78, 5) is 37.4. The normalized spacial score (nSPS) is 12.1. The van der Waals surface area contributed by atoms with E-state index in [1.807, 2.05) is 24.3 Å². The fraction of sp³-hybridized carbons (Fsp3) is 0.129. The number of esters is 1. The molecule has 4 aromatic rings. The molecule has 0 aliphatic rings. The Morgan fingerprint density at radius 1 is 0.714 bits per heavy atom. The van der Waals surface area contributed by atoms with Crippen LogP contribution < -0.4 is 16.4 Å². The highest BCUT2D eigenvalue weighted by Gasteiger charge is 2.26. The predicted molar refractivity (Wildman–Crippen MR) is 155 cm³/mol. The lowest BCUT2D eigenvalue weighted by molar-refractivity contribution is -0.119. The second-order valence-electron chi connectivity index (χ2n) is 9.50. The van der Waals surface area contributed by atoms with Crippen LogP contribution in [-0.2, 0) is 16.0 Å². The molecule has 11 heteroatoms. The summed E-state index contributed by atoms with van der Waals surface area (Å²) in [6.07, 6.45) is -0.457. The van der Waals surface area contributed by atoms with Crippen molar-refractivity contribution in [3.63, 3.8) is 0 Å². The number of ether oxygens (including phenoxy) is 1. The lowest BCUT2D eigenvalue weighted by Crippen LogP contribution is -2.45. The maximum absolute atomic E-state index is 12.6. The first-order valence-electron chi connectivity index (χ1n) is 12.8. The van der Waals surface area contributed by atoms with Crippen LogP contribution in [0.2, 0.25) is 0 Å². The van der Waals surface area contributed by atoms with E-state index in [4.69, 9.17) is 10.5 Å². The molecule has 4 aromatic carbocycles. The monoisotopic (exact) mass is 571 g/mol. The molecule has 4 rings (SSSR count). The number of rotatable bonds is 9. The Morgan fingerprint density at radius 2 is 1.19 bits per heavy atom. The molecular formula is C31H29N3O8. The standard InChI is InChI=1S/C31H29N3O8/c1-17(42-31(41)23-5-3-7-25(36)28(23)38)26(32)30(40)34-21-14-10-19(11-15-21)16-18-8-12-20(13-9-18)33-29(39)22-4-2-6-24(35)27(22)37/h2-15,17,26,35-38H,16,32H2,1H3,(H,33,39)(H,34,40)/t17-,26+/m1/s1. The van der Waals surface area contributed by atoms with Crippen molar-refractivity contribution in [3.8, 4) is 23.0 Å². The van der Waals surface area contributed by atoms with E-state index in [2.05, 4.69) is 10.6 Å². The lowest BCUT2D eigenvalue weighted by Gasteiger charge is -2.20. The lowest BCUT2D eigenvalue weighted by atomic mass is 10.0. The van der Waals surface area contributed by atoms with Gasteiger partial charge >= 0.3 is 5.97 Å². The molecule has 0 unspecified atom stereocenters. The third kappa shape index (κ3) is 6.95. The van der Waals surface area contributed by atoms with E-state index in [-0.39, 0.29) is 16.9 Å². The largest absolute Gasteiger partial charge is 0.504 e. The summed E-state index contributed by atoms with van der Waals surface area (Å²) >= 11 is 0. The maximum atomic E-state index is 12.6. The number of hydrogen-bond donors (Lipinski definition) is 7. The molecule has 0 spiro atoms. The molecule has 2 atom stereocenters. The minimum atomic E-state index is -1.20. The number of hydrogen-bond acceptors (Lipinski definition) is 9. The topological polar surface area (TPSA) is 191 Å². The number of benzene rings is 4. The number of carbonyl (C=O) groups excluding carboxylic acids is 3. The van der Waals surface area contributed by atoms with E-state index in [0.29, 0.717) is 17.8 Å². The molecule has 216 valence electrons. The van der Waals surface area contributed by atoms with E-state index in [0.717, 1.165) is 11.1 Å². The molecular weight excluding hydrogens is 542 g/mol. The molecule has 0 aliphatic carbocycles. The number of amides is 2. The summed E-state index contributed by atoms with van der Waals surface area (Å²) in [7, 11) is 0. The predicted octanol–water partition coefficient (Wildman–Crippen LogP) is 3.86. The Bertz CT molecular complexity index is 1600. The number of aromatic hydroxyl groups is 4. The van der Waals surface area contributed by atoms with Gasteiger partial charge in [-0.05, 0) is 73.0 Å². The quantitative estimate of drug-likeness (QED) is 0.115. The first-order valence-corrected chi connectivity index (χ1v) is 12.8. The van der Waals surface area contributed by atoms with Crippen LogP contribution in [-0.4, -0.2) is 50.4 Å². The zero-order valence-corrected chi connectivity index (χ0v) is 22.4. The van der Waals surface area contributed by atoms with E-state index in [1.54, 1.807) is 24.3 Å². The van der Waals surface area contributed by atoms with E-state index >= 15 is 0 Å². The minimum Gasteiger partial charge on any atom is -0.504 e. The van der Waals surface area contributed by atoms with Crippen LogP contribution in [0.25, 0.3) is 0 Å². The van der Waals surface area contributed by atoms with Crippen molar-refractivity contribution in [2.24, 2.45) is 5.73 Å².